The molecule has 4 heteroatoms. The van der Waals surface area contributed by atoms with Crippen LogP contribution in [0.25, 0.3) is 0 Å². The number of aliphatic carboxylic acids is 2. The Hall–Kier alpha value is -1.84. The molecule has 0 saturated heterocycles. The minimum absolute atomic E-state index is 0.176. The van der Waals surface area contributed by atoms with E-state index in [2.05, 4.69) is 26.3 Å². The van der Waals surface area contributed by atoms with Crippen LogP contribution in [-0.4, -0.2) is 22.2 Å². The first-order chi connectivity index (χ1) is 6.29. The number of rotatable bonds is 2. The van der Waals surface area contributed by atoms with Gasteiger partial charge >= 0.3 is 11.9 Å². The number of carbonyl (C=O) groups is 2. The van der Waals surface area contributed by atoms with Crippen LogP contribution in [0.1, 0.15) is 13.8 Å². The summed E-state index contributed by atoms with van der Waals surface area (Å²) in [5.74, 6) is -1.87. The smallest absolute Gasteiger partial charge is 0.330 e. The summed E-state index contributed by atoms with van der Waals surface area (Å²) in [5.41, 5.74) is 0.352. The Kier molecular flexibility index (Phi) is 14.4. The van der Waals surface area contributed by atoms with E-state index in [4.69, 9.17) is 10.2 Å². The zero-order chi connectivity index (χ0) is 12.3. The number of carboxylic acids is 2. The molecule has 14 heavy (non-hydrogen) atoms. The van der Waals surface area contributed by atoms with Crippen molar-refractivity contribution in [2.24, 2.45) is 0 Å². The average Bonchev–Trinajstić information content (AvgIpc) is 2.08. The van der Waals surface area contributed by atoms with Gasteiger partial charge in [0.2, 0.25) is 0 Å². The van der Waals surface area contributed by atoms with E-state index in [-0.39, 0.29) is 11.1 Å². The van der Waals surface area contributed by atoms with Crippen molar-refractivity contribution in [2.45, 2.75) is 13.8 Å². The van der Waals surface area contributed by atoms with E-state index in [1.165, 1.54) is 13.8 Å². The Balaban J connectivity index is -0.000000147. The zero-order valence-electron chi connectivity index (χ0n) is 8.54. The summed E-state index contributed by atoms with van der Waals surface area (Å²) in [6.45, 7) is 15.2. The van der Waals surface area contributed by atoms with E-state index in [1.54, 1.807) is 0 Å². The van der Waals surface area contributed by atoms with Crippen molar-refractivity contribution in [3.05, 3.63) is 37.5 Å². The number of hydrogen-bond acceptors (Lipinski definition) is 2. The van der Waals surface area contributed by atoms with Gasteiger partial charge in [-0.1, -0.05) is 13.2 Å². The third-order valence-corrected chi connectivity index (χ3v) is 0.730. The van der Waals surface area contributed by atoms with Crippen LogP contribution in [0.5, 0.6) is 0 Å². The minimum atomic E-state index is -0.935. The molecule has 0 saturated carbocycles. The summed E-state index contributed by atoms with van der Waals surface area (Å²) in [4.78, 5) is 19.2. The second kappa shape index (κ2) is 11.2. The van der Waals surface area contributed by atoms with Gasteiger partial charge in [0.05, 0.1) is 0 Å². The second-order valence-corrected chi connectivity index (χ2v) is 2.17. The topological polar surface area (TPSA) is 74.6 Å². The SMILES string of the molecule is C=C.C=C(C)C(=O)O.C=C(C)C(=O)O. The van der Waals surface area contributed by atoms with Crippen molar-refractivity contribution in [2.75, 3.05) is 0 Å². The Morgan fingerprint density at radius 1 is 0.857 bits per heavy atom. The van der Waals surface area contributed by atoms with E-state index < -0.39 is 11.9 Å². The molecule has 0 heterocycles. The fourth-order valence-corrected chi connectivity index (χ4v) is 0. The summed E-state index contributed by atoms with van der Waals surface area (Å²) >= 11 is 0. The van der Waals surface area contributed by atoms with Gasteiger partial charge in [0.15, 0.2) is 0 Å². The molecule has 0 aliphatic carbocycles. The highest BCUT2D eigenvalue weighted by molar-refractivity contribution is 5.85. The van der Waals surface area contributed by atoms with E-state index in [0.717, 1.165) is 0 Å². The Morgan fingerprint density at radius 3 is 0.929 bits per heavy atom. The molecule has 2 N–H and O–H groups in total. The molecule has 0 aliphatic heterocycles. The van der Waals surface area contributed by atoms with Crippen LogP contribution in [0.15, 0.2) is 37.5 Å². The van der Waals surface area contributed by atoms with Crippen molar-refractivity contribution in [3.8, 4) is 0 Å². The molecule has 0 radical (unpaired) electrons. The van der Waals surface area contributed by atoms with Crippen molar-refractivity contribution < 1.29 is 19.8 Å². The molecule has 0 amide bonds. The van der Waals surface area contributed by atoms with Gasteiger partial charge in [0, 0.05) is 11.1 Å². The van der Waals surface area contributed by atoms with Crippen molar-refractivity contribution >= 4 is 11.9 Å². The largest absolute Gasteiger partial charge is 0.478 e. The summed E-state index contributed by atoms with van der Waals surface area (Å²) < 4.78 is 0. The summed E-state index contributed by atoms with van der Waals surface area (Å²) in [6, 6.07) is 0. The standard InChI is InChI=1S/2C4H6O2.C2H4/c2*1-3(2)4(5)6;1-2/h2*1H2,2H3,(H,5,6);1-2H2. The lowest BCUT2D eigenvalue weighted by Crippen LogP contribution is -1.92. The van der Waals surface area contributed by atoms with Crippen LogP contribution in [-0.2, 0) is 9.59 Å². The van der Waals surface area contributed by atoms with E-state index in [9.17, 15) is 9.59 Å². The van der Waals surface area contributed by atoms with E-state index in [0.29, 0.717) is 0 Å². The van der Waals surface area contributed by atoms with Gasteiger partial charge in [-0.25, -0.2) is 9.59 Å². The Bertz CT molecular complexity index is 180. The molecule has 0 bridgehead atoms. The van der Waals surface area contributed by atoms with Crippen LogP contribution >= 0.6 is 0 Å². The monoisotopic (exact) mass is 200 g/mol. The van der Waals surface area contributed by atoms with Crippen LogP contribution in [0.3, 0.4) is 0 Å². The Labute approximate surface area is 83.9 Å². The van der Waals surface area contributed by atoms with Gasteiger partial charge in [0.1, 0.15) is 0 Å². The van der Waals surface area contributed by atoms with Crippen LogP contribution < -0.4 is 0 Å². The second-order valence-electron chi connectivity index (χ2n) is 2.17. The molecular formula is C10H16O4. The lowest BCUT2D eigenvalue weighted by molar-refractivity contribution is -0.133. The van der Waals surface area contributed by atoms with Gasteiger partial charge in [0.25, 0.3) is 0 Å². The normalized spacial score (nSPS) is 6.71. The molecule has 0 aromatic carbocycles. The van der Waals surface area contributed by atoms with Gasteiger partial charge < -0.3 is 10.2 Å². The van der Waals surface area contributed by atoms with Crippen LogP contribution in [0.2, 0.25) is 0 Å². The molecule has 80 valence electrons. The fourth-order valence-electron chi connectivity index (χ4n) is 0. The minimum Gasteiger partial charge on any atom is -0.478 e. The molecule has 4 nitrogen and oxygen atoms in total. The Morgan fingerprint density at radius 2 is 0.929 bits per heavy atom. The highest BCUT2D eigenvalue weighted by Crippen LogP contribution is 1.81. The third kappa shape index (κ3) is 22.5. The molecule has 0 atom stereocenters. The van der Waals surface area contributed by atoms with Gasteiger partial charge in [-0.15, -0.1) is 13.2 Å². The lowest BCUT2D eigenvalue weighted by atomic mass is 10.4. The van der Waals surface area contributed by atoms with E-state index in [1.807, 2.05) is 0 Å². The molecule has 0 aromatic rings. The quantitative estimate of drug-likeness (QED) is 0.528. The number of hydrogen-bond donors (Lipinski definition) is 2. The predicted molar refractivity (Wildman–Crippen MR) is 56.2 cm³/mol. The first-order valence-electron chi connectivity index (χ1n) is 3.56. The van der Waals surface area contributed by atoms with Gasteiger partial charge in [-0.2, -0.15) is 0 Å². The molecule has 0 unspecified atom stereocenters. The molecule has 0 rings (SSSR count). The number of carboxylic acid groups (broad SMARTS) is 2. The summed E-state index contributed by atoms with van der Waals surface area (Å²) in [6.07, 6.45) is 0. The van der Waals surface area contributed by atoms with Crippen LogP contribution in [0, 0.1) is 0 Å². The maximum Gasteiger partial charge on any atom is 0.330 e. The summed E-state index contributed by atoms with van der Waals surface area (Å²) in [5, 5.41) is 15.8. The molecule has 0 aliphatic rings. The van der Waals surface area contributed by atoms with Crippen molar-refractivity contribution in [1.29, 1.82) is 0 Å². The first-order valence-corrected chi connectivity index (χ1v) is 3.56. The predicted octanol–water partition coefficient (Wildman–Crippen LogP) is 2.10. The molecule has 0 fully saturated rings. The molecular weight excluding hydrogens is 184 g/mol. The fraction of sp³-hybridized carbons (Fsp3) is 0.200. The maximum atomic E-state index is 9.60. The molecule has 0 spiro atoms. The molecule has 0 aromatic heterocycles. The van der Waals surface area contributed by atoms with E-state index >= 15 is 0 Å². The lowest BCUT2D eigenvalue weighted by Gasteiger charge is -1.79. The third-order valence-electron chi connectivity index (χ3n) is 0.730. The zero-order valence-corrected chi connectivity index (χ0v) is 8.54. The van der Waals surface area contributed by atoms with Gasteiger partial charge in [-0.05, 0) is 13.8 Å². The van der Waals surface area contributed by atoms with Crippen molar-refractivity contribution in [1.82, 2.24) is 0 Å². The summed E-state index contributed by atoms with van der Waals surface area (Å²) in [7, 11) is 0. The van der Waals surface area contributed by atoms with Gasteiger partial charge in [-0.3, -0.25) is 0 Å². The highest BCUT2D eigenvalue weighted by atomic mass is 16.4. The first kappa shape index (κ1) is 18.0. The van der Waals surface area contributed by atoms with Crippen molar-refractivity contribution in [3.63, 3.8) is 0 Å². The maximum absolute atomic E-state index is 9.60. The highest BCUT2D eigenvalue weighted by Gasteiger charge is 1.90. The average molecular weight is 200 g/mol. The van der Waals surface area contributed by atoms with Crippen LogP contribution in [0.4, 0.5) is 0 Å².